The van der Waals surface area contributed by atoms with E-state index in [0.717, 1.165) is 31.7 Å². The first-order valence-electron chi connectivity index (χ1n) is 5.75. The minimum absolute atomic E-state index is 0.216. The van der Waals surface area contributed by atoms with Gasteiger partial charge in [0.2, 0.25) is 0 Å². The van der Waals surface area contributed by atoms with Crippen molar-refractivity contribution in [2.45, 2.75) is 37.8 Å². The molecular formula is C10H26N2O3Si. The van der Waals surface area contributed by atoms with E-state index in [-0.39, 0.29) is 6.04 Å². The molecule has 0 amide bonds. The lowest BCUT2D eigenvalue weighted by Gasteiger charge is -2.24. The van der Waals surface area contributed by atoms with Crippen molar-refractivity contribution in [2.24, 2.45) is 11.5 Å². The van der Waals surface area contributed by atoms with Gasteiger partial charge in [-0.25, -0.2) is 0 Å². The Bertz CT molecular complexity index is 160. The van der Waals surface area contributed by atoms with Gasteiger partial charge in [-0.1, -0.05) is 6.42 Å². The van der Waals surface area contributed by atoms with Gasteiger partial charge in [0, 0.05) is 33.4 Å². The highest BCUT2D eigenvalue weighted by atomic mass is 28.4. The van der Waals surface area contributed by atoms with Crippen molar-refractivity contribution in [3.8, 4) is 0 Å². The Kier molecular flexibility index (Phi) is 9.10. The number of hydrogen-bond donors (Lipinski definition) is 2. The van der Waals surface area contributed by atoms with E-state index < -0.39 is 8.80 Å². The minimum atomic E-state index is -2.37. The summed E-state index contributed by atoms with van der Waals surface area (Å²) in [5.41, 5.74) is 11.3. The molecule has 98 valence electrons. The molecular weight excluding hydrogens is 224 g/mol. The first-order chi connectivity index (χ1) is 7.64. The summed E-state index contributed by atoms with van der Waals surface area (Å²) in [5.74, 6) is 0. The number of nitrogens with two attached hydrogens (primary N) is 2. The van der Waals surface area contributed by atoms with Gasteiger partial charge < -0.3 is 24.7 Å². The molecule has 0 aromatic rings. The molecule has 1 atom stereocenters. The standard InChI is InChI=1S/C10H26N2O3Si/c1-13-16(14-2,15-3)9-5-4-6-10(12)7-8-11/h10H,4-9,11-12H2,1-3H3. The summed E-state index contributed by atoms with van der Waals surface area (Å²) in [7, 11) is 2.54. The van der Waals surface area contributed by atoms with Gasteiger partial charge in [-0.05, 0) is 25.8 Å². The second-order valence-corrected chi connectivity index (χ2v) is 6.97. The lowest BCUT2D eigenvalue weighted by atomic mass is 10.1. The second-order valence-electron chi connectivity index (χ2n) is 3.88. The smallest absolute Gasteiger partial charge is 0.377 e. The van der Waals surface area contributed by atoms with Crippen molar-refractivity contribution in [1.29, 1.82) is 0 Å². The zero-order valence-electron chi connectivity index (χ0n) is 10.7. The van der Waals surface area contributed by atoms with Gasteiger partial charge in [-0.2, -0.15) is 0 Å². The summed E-state index contributed by atoms with van der Waals surface area (Å²) in [6.45, 7) is 0.661. The van der Waals surface area contributed by atoms with Gasteiger partial charge in [0.25, 0.3) is 0 Å². The van der Waals surface area contributed by atoms with Crippen molar-refractivity contribution in [3.05, 3.63) is 0 Å². The number of unbranched alkanes of at least 4 members (excludes halogenated alkanes) is 1. The van der Waals surface area contributed by atoms with Crippen LogP contribution in [-0.2, 0) is 13.3 Å². The van der Waals surface area contributed by atoms with Crippen molar-refractivity contribution in [3.63, 3.8) is 0 Å². The average Bonchev–Trinajstić information content (AvgIpc) is 2.31. The molecule has 0 aliphatic heterocycles. The van der Waals surface area contributed by atoms with Crippen LogP contribution in [0.25, 0.3) is 0 Å². The second kappa shape index (κ2) is 9.09. The Hall–Kier alpha value is 0.0169. The summed E-state index contributed by atoms with van der Waals surface area (Å²) >= 11 is 0. The quantitative estimate of drug-likeness (QED) is 0.441. The molecule has 0 aliphatic carbocycles. The maximum atomic E-state index is 5.87. The molecule has 4 N–H and O–H groups in total. The predicted octanol–water partition coefficient (Wildman–Crippen LogP) is 0.711. The number of rotatable bonds is 10. The van der Waals surface area contributed by atoms with E-state index in [9.17, 15) is 0 Å². The van der Waals surface area contributed by atoms with Crippen LogP contribution in [0.1, 0.15) is 25.7 Å². The Morgan fingerprint density at radius 2 is 1.56 bits per heavy atom. The van der Waals surface area contributed by atoms with Gasteiger partial charge in [0.1, 0.15) is 0 Å². The van der Waals surface area contributed by atoms with Crippen molar-refractivity contribution in [2.75, 3.05) is 27.9 Å². The molecule has 0 bridgehead atoms. The SMILES string of the molecule is CO[Si](CCCCC(N)CCN)(OC)OC. The monoisotopic (exact) mass is 250 g/mol. The Balaban J connectivity index is 3.70. The van der Waals surface area contributed by atoms with Crippen LogP contribution in [0.5, 0.6) is 0 Å². The molecule has 6 heteroatoms. The largest absolute Gasteiger partial charge is 0.500 e. The third-order valence-electron chi connectivity index (χ3n) is 2.78. The van der Waals surface area contributed by atoms with E-state index in [1.54, 1.807) is 21.3 Å². The molecule has 0 aromatic carbocycles. The molecule has 0 aromatic heterocycles. The molecule has 0 saturated carbocycles. The lowest BCUT2D eigenvalue weighted by molar-refractivity contribution is 0.122. The van der Waals surface area contributed by atoms with Crippen LogP contribution in [0.15, 0.2) is 0 Å². The third-order valence-corrected chi connectivity index (χ3v) is 5.61. The van der Waals surface area contributed by atoms with Crippen LogP contribution in [-0.4, -0.2) is 42.7 Å². The topological polar surface area (TPSA) is 79.7 Å². The van der Waals surface area contributed by atoms with E-state index in [0.29, 0.717) is 6.54 Å². The lowest BCUT2D eigenvalue weighted by Crippen LogP contribution is -2.42. The van der Waals surface area contributed by atoms with Gasteiger partial charge in [0.05, 0.1) is 0 Å². The van der Waals surface area contributed by atoms with Gasteiger partial charge in [0.15, 0.2) is 0 Å². The summed E-state index contributed by atoms with van der Waals surface area (Å²) < 4.78 is 16.0. The maximum Gasteiger partial charge on any atom is 0.500 e. The number of hydrogen-bond acceptors (Lipinski definition) is 5. The fourth-order valence-corrected chi connectivity index (χ4v) is 3.46. The van der Waals surface area contributed by atoms with Crippen molar-refractivity contribution < 1.29 is 13.3 Å². The summed E-state index contributed by atoms with van der Waals surface area (Å²) in [6, 6.07) is 1.06. The normalized spacial score (nSPS) is 14.1. The molecule has 0 aliphatic rings. The molecule has 0 rings (SSSR count). The summed E-state index contributed by atoms with van der Waals surface area (Å²) in [6.07, 6.45) is 3.96. The van der Waals surface area contributed by atoms with E-state index in [2.05, 4.69) is 0 Å². The van der Waals surface area contributed by atoms with Crippen LogP contribution in [0, 0.1) is 0 Å². The maximum absolute atomic E-state index is 5.87. The fourth-order valence-electron chi connectivity index (χ4n) is 1.66. The van der Waals surface area contributed by atoms with Crippen LogP contribution in [0.4, 0.5) is 0 Å². The molecule has 0 radical (unpaired) electrons. The zero-order valence-corrected chi connectivity index (χ0v) is 11.7. The predicted molar refractivity (Wildman–Crippen MR) is 67.1 cm³/mol. The summed E-state index contributed by atoms with van der Waals surface area (Å²) in [5, 5.41) is 0. The van der Waals surface area contributed by atoms with Crippen LogP contribution >= 0.6 is 0 Å². The van der Waals surface area contributed by atoms with Crippen molar-refractivity contribution in [1.82, 2.24) is 0 Å². The average molecular weight is 250 g/mol. The third kappa shape index (κ3) is 5.93. The molecule has 16 heavy (non-hydrogen) atoms. The Morgan fingerprint density at radius 1 is 1.00 bits per heavy atom. The zero-order chi connectivity index (χ0) is 12.4. The van der Waals surface area contributed by atoms with E-state index in [1.165, 1.54) is 0 Å². The molecule has 0 heterocycles. The Labute approximate surface area is 99.8 Å². The van der Waals surface area contributed by atoms with Crippen LogP contribution in [0.2, 0.25) is 6.04 Å². The van der Waals surface area contributed by atoms with E-state index in [1.807, 2.05) is 0 Å². The molecule has 0 saturated heterocycles. The molecule has 5 nitrogen and oxygen atoms in total. The Morgan fingerprint density at radius 3 is 2.00 bits per heavy atom. The molecule has 0 fully saturated rings. The fraction of sp³-hybridized carbons (Fsp3) is 1.00. The van der Waals surface area contributed by atoms with E-state index in [4.69, 9.17) is 24.7 Å². The highest BCUT2D eigenvalue weighted by Gasteiger charge is 2.36. The van der Waals surface area contributed by atoms with Gasteiger partial charge >= 0.3 is 8.80 Å². The first kappa shape index (κ1) is 16.0. The van der Waals surface area contributed by atoms with Gasteiger partial charge in [-0.15, -0.1) is 0 Å². The highest BCUT2D eigenvalue weighted by Crippen LogP contribution is 2.17. The van der Waals surface area contributed by atoms with Gasteiger partial charge in [-0.3, -0.25) is 0 Å². The molecule has 0 spiro atoms. The molecule has 1 unspecified atom stereocenters. The van der Waals surface area contributed by atoms with E-state index >= 15 is 0 Å². The highest BCUT2D eigenvalue weighted by molar-refractivity contribution is 6.60. The minimum Gasteiger partial charge on any atom is -0.377 e. The first-order valence-corrected chi connectivity index (χ1v) is 7.68. The van der Waals surface area contributed by atoms with Crippen LogP contribution < -0.4 is 11.5 Å². The van der Waals surface area contributed by atoms with Crippen LogP contribution in [0.3, 0.4) is 0 Å². The van der Waals surface area contributed by atoms with Crippen molar-refractivity contribution >= 4 is 8.80 Å². The summed E-state index contributed by atoms with van der Waals surface area (Å²) in [4.78, 5) is 0.